The minimum atomic E-state index is -0.868. The Morgan fingerprint density at radius 2 is 1.78 bits per heavy atom. The van der Waals surface area contributed by atoms with Gasteiger partial charge in [0.15, 0.2) is 23.0 Å². The van der Waals surface area contributed by atoms with Crippen LogP contribution in [0.15, 0.2) is 79.0 Å². The van der Waals surface area contributed by atoms with Crippen molar-refractivity contribution >= 4 is 12.0 Å². The molecule has 0 bridgehead atoms. The first kappa shape index (κ1) is 24.1. The van der Waals surface area contributed by atoms with Gasteiger partial charge in [0.05, 0.1) is 13.2 Å². The standard InChI is InChI=1S/C28H26N2O7/c1-17-25(27(31)35-15-19-8-10-22-24(12-19)37-16-36-22)26(30-28(32)29-17)20-9-11-21(23(13-20)33-2)34-14-18-6-4-3-5-7-18/h3-13,25-26H,1,14-16H2,2H3,(H2,29,30,32). The number of urea groups is 1. The number of benzene rings is 3. The van der Waals surface area contributed by atoms with Crippen molar-refractivity contribution in [1.82, 2.24) is 10.6 Å². The van der Waals surface area contributed by atoms with Gasteiger partial charge in [-0.3, -0.25) is 4.79 Å². The van der Waals surface area contributed by atoms with Crippen LogP contribution < -0.4 is 29.6 Å². The highest BCUT2D eigenvalue weighted by Gasteiger charge is 2.39. The monoisotopic (exact) mass is 502 g/mol. The van der Waals surface area contributed by atoms with E-state index in [0.717, 1.165) is 11.1 Å². The number of esters is 1. The smallest absolute Gasteiger partial charge is 0.319 e. The molecule has 9 heteroatoms. The fourth-order valence-corrected chi connectivity index (χ4v) is 4.25. The van der Waals surface area contributed by atoms with Crippen LogP contribution >= 0.6 is 0 Å². The number of carbonyl (C=O) groups excluding carboxylic acids is 2. The molecule has 2 atom stereocenters. The Labute approximate surface area is 213 Å². The van der Waals surface area contributed by atoms with Crippen molar-refractivity contribution in [3.63, 3.8) is 0 Å². The molecule has 190 valence electrons. The third-order valence-corrected chi connectivity index (χ3v) is 6.13. The van der Waals surface area contributed by atoms with Crippen LogP contribution in [0.5, 0.6) is 23.0 Å². The number of methoxy groups -OCH3 is 1. The maximum atomic E-state index is 13.2. The summed E-state index contributed by atoms with van der Waals surface area (Å²) in [5.41, 5.74) is 2.65. The van der Waals surface area contributed by atoms with Crippen LogP contribution in [0.1, 0.15) is 22.7 Å². The molecule has 0 spiro atoms. The number of hydrogen-bond donors (Lipinski definition) is 2. The second-order valence-corrected chi connectivity index (χ2v) is 8.56. The lowest BCUT2D eigenvalue weighted by Gasteiger charge is -2.33. The van der Waals surface area contributed by atoms with Crippen molar-refractivity contribution < 1.29 is 33.3 Å². The Morgan fingerprint density at radius 3 is 2.59 bits per heavy atom. The zero-order valence-electron chi connectivity index (χ0n) is 20.2. The molecule has 3 aromatic carbocycles. The van der Waals surface area contributed by atoms with Crippen molar-refractivity contribution in [2.75, 3.05) is 13.9 Å². The summed E-state index contributed by atoms with van der Waals surface area (Å²) in [6.07, 6.45) is 0. The molecule has 37 heavy (non-hydrogen) atoms. The number of amides is 2. The van der Waals surface area contributed by atoms with Gasteiger partial charge in [-0.2, -0.15) is 0 Å². The average Bonchev–Trinajstić information content (AvgIpc) is 3.38. The first-order valence-electron chi connectivity index (χ1n) is 11.7. The van der Waals surface area contributed by atoms with Crippen molar-refractivity contribution in [2.24, 2.45) is 5.92 Å². The zero-order valence-corrected chi connectivity index (χ0v) is 20.2. The summed E-state index contributed by atoms with van der Waals surface area (Å²) in [6.45, 7) is 4.45. The van der Waals surface area contributed by atoms with Gasteiger partial charge >= 0.3 is 12.0 Å². The van der Waals surface area contributed by atoms with E-state index in [1.165, 1.54) is 7.11 Å². The summed E-state index contributed by atoms with van der Waals surface area (Å²) in [4.78, 5) is 25.5. The topological polar surface area (TPSA) is 104 Å². The van der Waals surface area contributed by atoms with Crippen molar-refractivity contribution in [1.29, 1.82) is 0 Å². The van der Waals surface area contributed by atoms with Crippen LogP contribution in [0, 0.1) is 5.92 Å². The molecule has 1 saturated heterocycles. The van der Waals surface area contributed by atoms with Gasteiger partial charge in [-0.15, -0.1) is 0 Å². The predicted octanol–water partition coefficient (Wildman–Crippen LogP) is 4.23. The maximum absolute atomic E-state index is 13.2. The van der Waals surface area contributed by atoms with E-state index in [0.29, 0.717) is 35.2 Å². The minimum Gasteiger partial charge on any atom is -0.493 e. The molecule has 0 saturated carbocycles. The number of ether oxygens (including phenoxy) is 5. The first-order chi connectivity index (χ1) is 18.0. The SMILES string of the molecule is C=C1NC(=O)NC(c2ccc(OCc3ccccc3)c(OC)c2)C1C(=O)OCc1ccc2c(c1)OCO2. The van der Waals surface area contributed by atoms with E-state index in [9.17, 15) is 9.59 Å². The summed E-state index contributed by atoms with van der Waals surface area (Å²) in [7, 11) is 1.53. The predicted molar refractivity (Wildman–Crippen MR) is 133 cm³/mol. The second-order valence-electron chi connectivity index (χ2n) is 8.56. The zero-order chi connectivity index (χ0) is 25.8. The fraction of sp³-hybridized carbons (Fsp3) is 0.214. The molecular weight excluding hydrogens is 476 g/mol. The maximum Gasteiger partial charge on any atom is 0.319 e. The molecule has 2 heterocycles. The molecule has 2 unspecified atom stereocenters. The molecule has 0 aliphatic carbocycles. The molecule has 0 aromatic heterocycles. The third kappa shape index (κ3) is 5.30. The Hall–Kier alpha value is -4.66. The lowest BCUT2D eigenvalue weighted by atomic mass is 9.89. The summed E-state index contributed by atoms with van der Waals surface area (Å²) in [6, 6.07) is 19.2. The highest BCUT2D eigenvalue weighted by molar-refractivity contribution is 5.85. The van der Waals surface area contributed by atoms with Gasteiger partial charge in [0.25, 0.3) is 0 Å². The van der Waals surface area contributed by atoms with E-state index >= 15 is 0 Å². The summed E-state index contributed by atoms with van der Waals surface area (Å²) < 4.78 is 27.8. The van der Waals surface area contributed by atoms with E-state index < -0.39 is 24.0 Å². The molecule has 9 nitrogen and oxygen atoms in total. The summed E-state index contributed by atoms with van der Waals surface area (Å²) >= 11 is 0. The van der Waals surface area contributed by atoms with Crippen LogP contribution in [0.25, 0.3) is 0 Å². The molecule has 0 radical (unpaired) electrons. The lowest BCUT2D eigenvalue weighted by molar-refractivity contribution is -0.149. The molecule has 2 aliphatic rings. The molecular formula is C28H26N2O7. The van der Waals surface area contributed by atoms with Crippen LogP contribution in [0.2, 0.25) is 0 Å². The van der Waals surface area contributed by atoms with E-state index in [4.69, 9.17) is 23.7 Å². The number of nitrogens with one attached hydrogen (secondary N) is 2. The van der Waals surface area contributed by atoms with Crippen LogP contribution in [-0.2, 0) is 22.7 Å². The van der Waals surface area contributed by atoms with Gasteiger partial charge in [-0.25, -0.2) is 4.79 Å². The van der Waals surface area contributed by atoms with Crippen molar-refractivity contribution in [2.45, 2.75) is 19.3 Å². The Morgan fingerprint density at radius 1 is 0.973 bits per heavy atom. The van der Waals surface area contributed by atoms with Crippen molar-refractivity contribution in [3.05, 3.63) is 95.7 Å². The van der Waals surface area contributed by atoms with Gasteiger partial charge in [-0.1, -0.05) is 49.0 Å². The van der Waals surface area contributed by atoms with Gasteiger partial charge in [0, 0.05) is 5.70 Å². The highest BCUT2D eigenvalue weighted by Crippen LogP contribution is 2.37. The summed E-state index contributed by atoms with van der Waals surface area (Å²) in [5.74, 6) is 0.850. The average molecular weight is 503 g/mol. The number of carbonyl (C=O) groups is 2. The van der Waals surface area contributed by atoms with E-state index in [-0.39, 0.29) is 19.1 Å². The Kier molecular flexibility index (Phi) is 6.85. The molecule has 2 N–H and O–H groups in total. The third-order valence-electron chi connectivity index (χ3n) is 6.13. The van der Waals surface area contributed by atoms with Crippen LogP contribution in [0.3, 0.4) is 0 Å². The van der Waals surface area contributed by atoms with E-state index in [1.807, 2.05) is 30.3 Å². The van der Waals surface area contributed by atoms with E-state index in [2.05, 4.69) is 17.2 Å². The number of hydrogen-bond acceptors (Lipinski definition) is 7. The van der Waals surface area contributed by atoms with E-state index in [1.54, 1.807) is 36.4 Å². The van der Waals surface area contributed by atoms with Crippen molar-refractivity contribution in [3.8, 4) is 23.0 Å². The van der Waals surface area contributed by atoms with Crippen LogP contribution in [0.4, 0.5) is 4.79 Å². The molecule has 2 aliphatic heterocycles. The largest absolute Gasteiger partial charge is 0.493 e. The van der Waals surface area contributed by atoms with Gasteiger partial charge in [0.1, 0.15) is 19.1 Å². The van der Waals surface area contributed by atoms with Gasteiger partial charge in [-0.05, 0) is 41.0 Å². The summed E-state index contributed by atoms with van der Waals surface area (Å²) in [5, 5.41) is 5.39. The highest BCUT2D eigenvalue weighted by atomic mass is 16.7. The quantitative estimate of drug-likeness (QED) is 0.444. The minimum absolute atomic E-state index is 0.0233. The second kappa shape index (κ2) is 10.5. The first-order valence-corrected chi connectivity index (χ1v) is 11.7. The Balaban J connectivity index is 1.32. The molecule has 2 amide bonds. The lowest BCUT2D eigenvalue weighted by Crippen LogP contribution is -2.51. The Bertz CT molecular complexity index is 1330. The fourth-order valence-electron chi connectivity index (χ4n) is 4.25. The van der Waals surface area contributed by atoms with Crippen LogP contribution in [-0.4, -0.2) is 25.9 Å². The van der Waals surface area contributed by atoms with Gasteiger partial charge in [0.2, 0.25) is 6.79 Å². The number of fused-ring (bicyclic) bond motifs is 1. The molecule has 5 rings (SSSR count). The molecule has 1 fully saturated rings. The van der Waals surface area contributed by atoms with Gasteiger partial charge < -0.3 is 34.3 Å². The molecule has 3 aromatic rings. The number of rotatable bonds is 8. The normalized spacial score (nSPS) is 18.0.